The maximum atomic E-state index is 12.7. The van der Waals surface area contributed by atoms with Gasteiger partial charge in [-0.25, -0.2) is 9.37 Å². The van der Waals surface area contributed by atoms with Gasteiger partial charge in [0.2, 0.25) is 5.95 Å². The molecule has 1 heterocycles. The van der Waals surface area contributed by atoms with Crippen molar-refractivity contribution in [2.45, 2.75) is 6.54 Å². The van der Waals surface area contributed by atoms with E-state index >= 15 is 0 Å². The Balaban J connectivity index is 2.18. The zero-order chi connectivity index (χ0) is 10.7. The Hall–Kier alpha value is -1.84. The van der Waals surface area contributed by atoms with Crippen molar-refractivity contribution >= 4 is 5.95 Å². The summed E-state index contributed by atoms with van der Waals surface area (Å²) in [6.07, 6.45) is 3.62. The molecule has 0 aliphatic heterocycles. The van der Waals surface area contributed by atoms with Gasteiger partial charge in [0, 0.05) is 19.4 Å². The summed E-state index contributed by atoms with van der Waals surface area (Å²) >= 11 is 0. The van der Waals surface area contributed by atoms with Gasteiger partial charge in [0.05, 0.1) is 6.54 Å². The number of hydrogen-bond acceptors (Lipinski definition) is 2. The minimum atomic E-state index is -0.210. The summed E-state index contributed by atoms with van der Waals surface area (Å²) < 4.78 is 14.6. The summed E-state index contributed by atoms with van der Waals surface area (Å²) in [6.45, 7) is 0.691. The van der Waals surface area contributed by atoms with Crippen LogP contribution in [0.4, 0.5) is 10.3 Å². The molecular formula is C11H12FN3. The second-order valence-electron chi connectivity index (χ2n) is 3.26. The predicted octanol–water partition coefficient (Wildman–Crippen LogP) is 2.11. The summed E-state index contributed by atoms with van der Waals surface area (Å²) in [5.74, 6) is 0.595. The molecule has 0 fully saturated rings. The first-order valence-electron chi connectivity index (χ1n) is 4.73. The van der Waals surface area contributed by atoms with E-state index in [9.17, 15) is 4.39 Å². The average Bonchev–Trinajstić information content (AvgIpc) is 2.69. The van der Waals surface area contributed by atoms with Crippen molar-refractivity contribution in [3.63, 3.8) is 0 Å². The summed E-state index contributed by atoms with van der Waals surface area (Å²) in [5, 5.41) is 2.98. The fourth-order valence-corrected chi connectivity index (χ4v) is 1.45. The van der Waals surface area contributed by atoms with E-state index in [1.54, 1.807) is 18.3 Å². The number of anilines is 1. The van der Waals surface area contributed by atoms with Crippen molar-refractivity contribution in [3.8, 4) is 0 Å². The number of nitrogens with zero attached hydrogens (tertiary/aromatic N) is 2. The van der Waals surface area contributed by atoms with Crippen molar-refractivity contribution in [1.82, 2.24) is 9.55 Å². The van der Waals surface area contributed by atoms with Crippen LogP contribution < -0.4 is 5.32 Å². The zero-order valence-corrected chi connectivity index (χ0v) is 8.44. The van der Waals surface area contributed by atoms with E-state index in [-0.39, 0.29) is 5.82 Å². The van der Waals surface area contributed by atoms with E-state index in [1.165, 1.54) is 12.1 Å². The van der Waals surface area contributed by atoms with Crippen LogP contribution in [0.15, 0.2) is 36.7 Å². The molecule has 0 unspecified atom stereocenters. The first-order valence-corrected chi connectivity index (χ1v) is 4.73. The van der Waals surface area contributed by atoms with Crippen molar-refractivity contribution in [1.29, 1.82) is 0 Å². The molecule has 0 bridgehead atoms. The Morgan fingerprint density at radius 3 is 2.73 bits per heavy atom. The average molecular weight is 205 g/mol. The second-order valence-corrected chi connectivity index (χ2v) is 3.26. The Bertz CT molecular complexity index is 433. The molecule has 1 N–H and O–H groups in total. The number of benzene rings is 1. The van der Waals surface area contributed by atoms with Gasteiger partial charge in [-0.15, -0.1) is 0 Å². The first-order chi connectivity index (χ1) is 7.29. The SMILES string of the molecule is CNc1nccn1Cc1ccc(F)cc1. The van der Waals surface area contributed by atoms with E-state index in [1.807, 2.05) is 17.8 Å². The summed E-state index contributed by atoms with van der Waals surface area (Å²) in [7, 11) is 1.82. The highest BCUT2D eigenvalue weighted by Crippen LogP contribution is 2.09. The van der Waals surface area contributed by atoms with E-state index < -0.39 is 0 Å². The van der Waals surface area contributed by atoms with Crippen molar-refractivity contribution < 1.29 is 4.39 Å². The van der Waals surface area contributed by atoms with E-state index in [4.69, 9.17) is 0 Å². The van der Waals surface area contributed by atoms with Crippen molar-refractivity contribution in [2.75, 3.05) is 12.4 Å². The van der Waals surface area contributed by atoms with E-state index in [0.717, 1.165) is 11.5 Å². The lowest BCUT2D eigenvalue weighted by Gasteiger charge is -2.06. The zero-order valence-electron chi connectivity index (χ0n) is 8.44. The lowest BCUT2D eigenvalue weighted by molar-refractivity contribution is 0.626. The molecule has 0 spiro atoms. The van der Waals surface area contributed by atoms with Gasteiger partial charge in [0.15, 0.2) is 0 Å². The maximum absolute atomic E-state index is 12.7. The van der Waals surface area contributed by atoms with Gasteiger partial charge < -0.3 is 9.88 Å². The number of hydrogen-bond donors (Lipinski definition) is 1. The highest BCUT2D eigenvalue weighted by molar-refractivity contribution is 5.27. The molecule has 4 heteroatoms. The third-order valence-electron chi connectivity index (χ3n) is 2.21. The molecule has 15 heavy (non-hydrogen) atoms. The lowest BCUT2D eigenvalue weighted by atomic mass is 10.2. The Morgan fingerprint density at radius 1 is 1.33 bits per heavy atom. The molecule has 78 valence electrons. The smallest absolute Gasteiger partial charge is 0.202 e. The molecule has 0 radical (unpaired) electrons. The van der Waals surface area contributed by atoms with Crippen LogP contribution in [-0.4, -0.2) is 16.6 Å². The number of halogens is 1. The minimum Gasteiger partial charge on any atom is -0.359 e. The topological polar surface area (TPSA) is 29.9 Å². The quantitative estimate of drug-likeness (QED) is 0.831. The Labute approximate surface area is 87.6 Å². The lowest BCUT2D eigenvalue weighted by Crippen LogP contribution is -2.03. The fourth-order valence-electron chi connectivity index (χ4n) is 1.45. The van der Waals surface area contributed by atoms with Gasteiger partial charge in [0.1, 0.15) is 5.82 Å². The molecule has 1 aromatic carbocycles. The minimum absolute atomic E-state index is 0.210. The highest BCUT2D eigenvalue weighted by atomic mass is 19.1. The summed E-state index contributed by atoms with van der Waals surface area (Å²) in [6, 6.07) is 6.47. The molecule has 0 atom stereocenters. The fraction of sp³-hybridized carbons (Fsp3) is 0.182. The first kappa shape index (κ1) is 9.71. The maximum Gasteiger partial charge on any atom is 0.202 e. The van der Waals surface area contributed by atoms with Crippen LogP contribution >= 0.6 is 0 Å². The number of rotatable bonds is 3. The molecule has 1 aromatic heterocycles. The molecule has 0 aliphatic carbocycles. The van der Waals surface area contributed by atoms with Crippen LogP contribution in [0.3, 0.4) is 0 Å². The van der Waals surface area contributed by atoms with Crippen LogP contribution in [0.25, 0.3) is 0 Å². The van der Waals surface area contributed by atoms with Gasteiger partial charge >= 0.3 is 0 Å². The Morgan fingerprint density at radius 2 is 2.07 bits per heavy atom. The molecule has 2 aromatic rings. The molecule has 0 amide bonds. The van der Waals surface area contributed by atoms with Gasteiger partial charge in [-0.2, -0.15) is 0 Å². The predicted molar refractivity (Wildman–Crippen MR) is 57.3 cm³/mol. The highest BCUT2D eigenvalue weighted by Gasteiger charge is 2.00. The normalized spacial score (nSPS) is 10.3. The summed E-state index contributed by atoms with van der Waals surface area (Å²) in [4.78, 5) is 4.13. The van der Waals surface area contributed by atoms with E-state index in [0.29, 0.717) is 6.54 Å². The van der Waals surface area contributed by atoms with Crippen molar-refractivity contribution in [2.24, 2.45) is 0 Å². The van der Waals surface area contributed by atoms with Crippen LogP contribution in [0.1, 0.15) is 5.56 Å². The number of aromatic nitrogens is 2. The molecule has 2 rings (SSSR count). The van der Waals surface area contributed by atoms with Gasteiger partial charge in [-0.3, -0.25) is 0 Å². The van der Waals surface area contributed by atoms with Gasteiger partial charge in [-0.05, 0) is 17.7 Å². The van der Waals surface area contributed by atoms with Crippen LogP contribution in [0.2, 0.25) is 0 Å². The second kappa shape index (κ2) is 4.13. The van der Waals surface area contributed by atoms with Crippen LogP contribution in [0.5, 0.6) is 0 Å². The number of nitrogens with one attached hydrogen (secondary N) is 1. The monoisotopic (exact) mass is 205 g/mol. The Kier molecular flexibility index (Phi) is 2.67. The van der Waals surface area contributed by atoms with Gasteiger partial charge in [-0.1, -0.05) is 12.1 Å². The molecule has 0 saturated carbocycles. The van der Waals surface area contributed by atoms with Crippen LogP contribution in [-0.2, 0) is 6.54 Å². The van der Waals surface area contributed by atoms with Crippen LogP contribution in [0, 0.1) is 5.82 Å². The number of imidazole rings is 1. The third-order valence-corrected chi connectivity index (χ3v) is 2.21. The van der Waals surface area contributed by atoms with E-state index in [2.05, 4.69) is 10.3 Å². The molecule has 0 saturated heterocycles. The largest absolute Gasteiger partial charge is 0.359 e. The summed E-state index contributed by atoms with van der Waals surface area (Å²) in [5.41, 5.74) is 1.05. The standard InChI is InChI=1S/C11H12FN3/c1-13-11-14-6-7-15(11)8-9-2-4-10(12)5-3-9/h2-7H,8H2,1H3,(H,13,14). The van der Waals surface area contributed by atoms with Gasteiger partial charge in [0.25, 0.3) is 0 Å². The van der Waals surface area contributed by atoms with Crippen molar-refractivity contribution in [3.05, 3.63) is 48.0 Å². The molecule has 3 nitrogen and oxygen atoms in total. The molecular weight excluding hydrogens is 193 g/mol. The third kappa shape index (κ3) is 2.15. The molecule has 0 aliphatic rings.